The largest absolute Gasteiger partial charge is 0.377 e. The summed E-state index contributed by atoms with van der Waals surface area (Å²) in [6.07, 6.45) is 20.0. The summed E-state index contributed by atoms with van der Waals surface area (Å²) in [7, 11) is 7.64. The summed E-state index contributed by atoms with van der Waals surface area (Å²) in [6, 6.07) is 24.8. The summed E-state index contributed by atoms with van der Waals surface area (Å²) >= 11 is 0. The Bertz CT molecular complexity index is 6330. The zero-order chi connectivity index (χ0) is 92.3. The van der Waals surface area contributed by atoms with Crippen LogP contribution in [0.5, 0.6) is 0 Å². The molecule has 4 aromatic carbocycles. The topological polar surface area (TPSA) is 274 Å². The van der Waals surface area contributed by atoms with Crippen LogP contribution in [0.1, 0.15) is 188 Å². The maximum absolute atomic E-state index is 14.3. The number of amides is 4. The molecular weight excluding hydrogens is 1700 g/mol. The van der Waals surface area contributed by atoms with Crippen LogP contribution < -0.4 is 19.6 Å². The van der Waals surface area contributed by atoms with Crippen LogP contribution in [0, 0.1) is 6.92 Å². The molecule has 12 aromatic rings. The monoisotopic (exact) mass is 1820 g/mol. The number of halogens is 2. The van der Waals surface area contributed by atoms with Crippen LogP contribution in [-0.2, 0) is 131 Å². The Hall–Kier alpha value is -12.7. The van der Waals surface area contributed by atoms with Gasteiger partial charge in [-0.05, 0) is 138 Å². The molecule has 24 rings (SSSR count). The lowest BCUT2D eigenvalue weighted by atomic mass is 9.92. The summed E-state index contributed by atoms with van der Waals surface area (Å²) in [5.41, 5.74) is 28.4. The number of carbonyl (C=O) groups excluding carboxylic acids is 4. The molecule has 20 heterocycles. The minimum Gasteiger partial charge on any atom is -0.377 e. The second-order valence-corrected chi connectivity index (χ2v) is 38.0. The van der Waals surface area contributed by atoms with E-state index in [0.29, 0.717) is 133 Å². The summed E-state index contributed by atoms with van der Waals surface area (Å²) in [5, 5.41) is 37.8. The van der Waals surface area contributed by atoms with Crippen LogP contribution in [0.2, 0.25) is 0 Å². The van der Waals surface area contributed by atoms with E-state index in [2.05, 4.69) is 153 Å². The first-order chi connectivity index (χ1) is 65.0. The summed E-state index contributed by atoms with van der Waals surface area (Å²) in [5.74, 6) is 5.09. The fraction of sp³-hybridized carbons (Fsp3) is 0.480. The Labute approximate surface area is 777 Å². The maximum Gasteiger partial charge on any atom is 0.264 e. The average Bonchev–Trinajstić information content (AvgIpc) is 1.50. The molecule has 4 amide bonds. The minimum absolute atomic E-state index is 0.00490. The average molecular weight is 1820 g/mol. The number of aryl methyl sites for hydroxylation is 7. The molecule has 0 bridgehead atoms. The lowest BCUT2D eigenvalue weighted by Gasteiger charge is -2.33. The van der Waals surface area contributed by atoms with Crippen molar-refractivity contribution in [3.63, 3.8) is 0 Å². The van der Waals surface area contributed by atoms with E-state index < -0.39 is 6.43 Å². The third kappa shape index (κ3) is 16.2. The van der Waals surface area contributed by atoms with Crippen molar-refractivity contribution in [2.24, 2.45) is 28.2 Å². The number of aromatic nitrogens is 16. The van der Waals surface area contributed by atoms with E-state index in [0.717, 1.165) is 166 Å². The number of nitrogens with zero attached hydrogens (tertiary/aromatic N) is 24. The number of hydrogen-bond donors (Lipinski definition) is 0. The van der Waals surface area contributed by atoms with E-state index in [4.69, 9.17) is 39.3 Å². The molecule has 0 aliphatic carbocycles. The molecule has 134 heavy (non-hydrogen) atoms. The lowest BCUT2D eigenvalue weighted by Crippen LogP contribution is -2.37. The van der Waals surface area contributed by atoms with Crippen molar-refractivity contribution < 1.29 is 46.9 Å². The van der Waals surface area contributed by atoms with Crippen molar-refractivity contribution in [1.29, 1.82) is 0 Å². The van der Waals surface area contributed by atoms with E-state index in [-0.39, 0.29) is 35.2 Å². The van der Waals surface area contributed by atoms with Gasteiger partial charge in [0.2, 0.25) is 23.6 Å². The number of alkyl halides is 2. The van der Waals surface area contributed by atoms with Crippen LogP contribution in [0.15, 0.2) is 110 Å². The van der Waals surface area contributed by atoms with Crippen molar-refractivity contribution in [3.05, 3.63) is 189 Å². The number of carbonyl (C=O) groups is 4. The van der Waals surface area contributed by atoms with Crippen LogP contribution in [-0.4, -0.2) is 227 Å². The highest BCUT2D eigenvalue weighted by Crippen LogP contribution is 2.51. The Morgan fingerprint density at radius 1 is 0.381 bits per heavy atom. The van der Waals surface area contributed by atoms with Crippen LogP contribution in [0.4, 0.5) is 54.8 Å². The first-order valence-corrected chi connectivity index (χ1v) is 47.6. The van der Waals surface area contributed by atoms with Gasteiger partial charge in [-0.1, -0.05) is 32.0 Å². The highest BCUT2D eigenvalue weighted by Gasteiger charge is 2.43. The minimum atomic E-state index is -2.62. The predicted octanol–water partition coefficient (Wildman–Crippen LogP) is 13.7. The molecular formula is C100H118F2N24O8. The molecule has 0 unspecified atom stereocenters. The second kappa shape index (κ2) is 36.0. The van der Waals surface area contributed by atoms with Gasteiger partial charge in [0.25, 0.3) is 6.43 Å². The van der Waals surface area contributed by atoms with Crippen molar-refractivity contribution in [2.75, 3.05) is 125 Å². The Kier molecular flexibility index (Phi) is 23.6. The van der Waals surface area contributed by atoms with Crippen molar-refractivity contribution in [1.82, 2.24) is 97.8 Å². The van der Waals surface area contributed by atoms with E-state index in [1.54, 1.807) is 57.9 Å². The maximum atomic E-state index is 14.3. The molecule has 4 fully saturated rings. The number of benzene rings is 4. The van der Waals surface area contributed by atoms with Gasteiger partial charge < -0.3 is 58.1 Å². The Morgan fingerprint density at radius 2 is 0.739 bits per heavy atom. The molecule has 4 saturated heterocycles. The van der Waals surface area contributed by atoms with Gasteiger partial charge in [0.15, 0.2) is 23.3 Å². The first-order valence-electron chi connectivity index (χ1n) is 47.6. The molecule has 0 spiro atoms. The normalized spacial score (nSPS) is 19.0. The summed E-state index contributed by atoms with van der Waals surface area (Å²) in [4.78, 5) is 65.6. The fourth-order valence-electron chi connectivity index (χ4n) is 21.7. The van der Waals surface area contributed by atoms with Crippen molar-refractivity contribution >= 4 is 69.6 Å². The molecule has 0 N–H and O–H groups in total. The zero-order valence-electron chi connectivity index (χ0n) is 78.4. The number of fused-ring (bicyclic) bond motifs is 8. The third-order valence-electron chi connectivity index (χ3n) is 29.5. The van der Waals surface area contributed by atoms with Gasteiger partial charge >= 0.3 is 0 Å². The summed E-state index contributed by atoms with van der Waals surface area (Å²) < 4.78 is 66.2. The summed E-state index contributed by atoms with van der Waals surface area (Å²) in [6.45, 7) is 27.4. The molecule has 32 nitrogen and oxygen atoms in total. The predicted molar refractivity (Wildman–Crippen MR) is 503 cm³/mol. The molecule has 34 heteroatoms. The van der Waals surface area contributed by atoms with Crippen LogP contribution in [0.3, 0.4) is 0 Å². The van der Waals surface area contributed by atoms with Crippen LogP contribution in [0.25, 0.3) is 44.5 Å². The quantitative estimate of drug-likeness (QED) is 0.0922. The van der Waals surface area contributed by atoms with E-state index >= 15 is 0 Å². The number of hydrogen-bond acceptors (Lipinski definition) is 20. The lowest BCUT2D eigenvalue weighted by molar-refractivity contribution is -0.130. The van der Waals surface area contributed by atoms with E-state index in [1.807, 2.05) is 73.2 Å². The SMILES string of the molecule is CC(=O)N1CCc2c(c(N3CCCc4cc(-c5cn(C)nc5C)ccc43)nn2C2COC2)C1.CC(=O)N1CCc2c(c(N3CCCc4cc(-c5cnn(C)c5)c(C(F)F)cc43)nn2C2COC2)C1.CC[C@@H]1CN(c2nn(C3COC3)c3c2CN(C(C)=O)CC3)c2ccc(-c3cnn(C)c3)cc21.CC[C@H]1CN(c2nn(C3COC3)c3c2CN(C(C)=O)CC3)c2ccc(-c3cnn(C)c3)cc21. The van der Waals surface area contributed by atoms with Gasteiger partial charge in [-0.25, -0.2) is 8.78 Å². The number of ether oxygens (including phenoxy) is 4. The van der Waals surface area contributed by atoms with Gasteiger partial charge in [0.05, 0.1) is 127 Å². The molecule has 2 atom stereocenters. The van der Waals surface area contributed by atoms with E-state index in [9.17, 15) is 28.0 Å². The smallest absolute Gasteiger partial charge is 0.264 e. The molecule has 0 saturated carbocycles. The second-order valence-electron chi connectivity index (χ2n) is 38.0. The number of rotatable bonds is 15. The fourth-order valence-corrected chi connectivity index (χ4v) is 21.7. The van der Waals surface area contributed by atoms with Gasteiger partial charge in [0.1, 0.15) is 0 Å². The molecule has 0 radical (unpaired) electrons. The van der Waals surface area contributed by atoms with Gasteiger partial charge in [0, 0.05) is 266 Å². The van der Waals surface area contributed by atoms with Crippen molar-refractivity contribution in [2.45, 2.75) is 181 Å². The molecule has 12 aliphatic rings. The van der Waals surface area contributed by atoms with E-state index in [1.165, 1.54) is 89.8 Å². The zero-order valence-corrected chi connectivity index (χ0v) is 78.4. The third-order valence-corrected chi connectivity index (χ3v) is 29.5. The molecule has 700 valence electrons. The Morgan fingerprint density at radius 3 is 1.07 bits per heavy atom. The van der Waals surface area contributed by atoms with Gasteiger partial charge in [-0.3, -0.25) is 56.6 Å². The highest BCUT2D eigenvalue weighted by molar-refractivity contribution is 5.83. The molecule has 8 aromatic heterocycles. The highest BCUT2D eigenvalue weighted by atomic mass is 19.3. The van der Waals surface area contributed by atoms with Crippen LogP contribution >= 0.6 is 0 Å². The Balaban J connectivity index is 0.000000107. The molecule has 12 aliphatic heterocycles. The standard InChI is InChI=1S/C25H28F2N6O2.3C25H30N6O2/c1-15(34)31-7-5-22-21(12-31)25(29-33(22)18-13-35-14-18)32-6-3-4-16-8-19(17-10-28-30(2)11-17)20(24(26)27)9-23(16)32;1-16-21(12-28(3)26-16)18-6-7-23-19(11-18)5-4-9-30(23)25-22-13-29(17(2)32)10-8-24(22)31(27-25)20-14-33-15-20;2*1-4-17-12-30(23-6-5-18(9-21(17)23)19-10-26-28(3)11-19)25-22-13-29(16(2)32)8-7-24(22)31(27-25)20-14-33-15-20/h8-11,18,24H,3-7,12-14H2,1-2H3;6-7,11-12,20H,4-5,8-10,13-15H2,1-3H3;2*5-6,9-11,17,20H,4,7-8,12-15H2,1-3H3/t;;2*17-/m..10/s1. The van der Waals surface area contributed by atoms with Gasteiger partial charge in [-0.15, -0.1) is 0 Å². The number of anilines is 8. The first kappa shape index (κ1) is 88.0. The van der Waals surface area contributed by atoms with Crippen molar-refractivity contribution in [3.8, 4) is 44.5 Å². The van der Waals surface area contributed by atoms with Gasteiger partial charge in [-0.2, -0.15) is 40.8 Å².